The third-order valence-electron chi connectivity index (χ3n) is 1.62. The maximum atomic E-state index is 12.1. The second-order valence-corrected chi connectivity index (χ2v) is 3.11. The lowest BCUT2D eigenvalue weighted by atomic mass is 9.79. The second kappa shape index (κ2) is 2.46. The van der Waals surface area contributed by atoms with E-state index in [4.69, 9.17) is 11.6 Å². The van der Waals surface area contributed by atoms with Crippen LogP contribution in [0.5, 0.6) is 0 Å². The van der Waals surface area contributed by atoms with Crippen molar-refractivity contribution in [2.75, 3.05) is 0 Å². The van der Waals surface area contributed by atoms with Crippen molar-refractivity contribution in [3.05, 3.63) is 0 Å². The molecule has 0 aromatic rings. The van der Waals surface area contributed by atoms with E-state index in [9.17, 15) is 13.6 Å². The summed E-state index contributed by atoms with van der Waals surface area (Å²) < 4.78 is 24.2. The number of rotatable bonds is 2. The summed E-state index contributed by atoms with van der Waals surface area (Å²) in [5.74, 6) is -2.71. The first-order chi connectivity index (χ1) is 4.49. The maximum Gasteiger partial charge on any atom is 0.248 e. The van der Waals surface area contributed by atoms with E-state index in [0.717, 1.165) is 0 Å². The summed E-state index contributed by atoms with van der Waals surface area (Å²) >= 11 is 4.99. The van der Waals surface area contributed by atoms with E-state index in [-0.39, 0.29) is 25.2 Å². The minimum absolute atomic E-state index is 0.0944. The van der Waals surface area contributed by atoms with E-state index < -0.39 is 11.2 Å². The van der Waals surface area contributed by atoms with Crippen LogP contribution in [0, 0.1) is 5.92 Å². The predicted octanol–water partition coefficient (Wildman–Crippen LogP) is 2.19. The van der Waals surface area contributed by atoms with Crippen molar-refractivity contribution in [2.24, 2.45) is 5.92 Å². The van der Waals surface area contributed by atoms with Gasteiger partial charge in [0.15, 0.2) is 0 Å². The molecule has 0 aromatic heterocycles. The van der Waals surface area contributed by atoms with Crippen molar-refractivity contribution in [2.45, 2.75) is 25.2 Å². The fourth-order valence-electron chi connectivity index (χ4n) is 1.16. The minimum Gasteiger partial charge on any atom is -0.281 e. The lowest BCUT2D eigenvalue weighted by Crippen LogP contribution is -2.35. The Hall–Kier alpha value is -0.180. The molecule has 0 aromatic carbocycles. The molecule has 0 unspecified atom stereocenters. The molecule has 1 aliphatic rings. The van der Waals surface area contributed by atoms with Gasteiger partial charge >= 0.3 is 0 Å². The van der Waals surface area contributed by atoms with Gasteiger partial charge in [0.05, 0.1) is 0 Å². The van der Waals surface area contributed by atoms with Crippen LogP contribution < -0.4 is 0 Å². The standard InChI is InChI=1S/C6H7ClF2O/c7-5(10)1-4-2-6(8,9)3-4/h4H,1-3H2. The molecule has 1 saturated carbocycles. The molecule has 0 saturated heterocycles. The number of halogens is 3. The van der Waals surface area contributed by atoms with Gasteiger partial charge in [-0.3, -0.25) is 4.79 Å². The fourth-order valence-corrected chi connectivity index (χ4v) is 1.37. The largest absolute Gasteiger partial charge is 0.281 e. The zero-order chi connectivity index (χ0) is 7.78. The Morgan fingerprint density at radius 1 is 1.60 bits per heavy atom. The van der Waals surface area contributed by atoms with E-state index in [1.54, 1.807) is 0 Å². The van der Waals surface area contributed by atoms with E-state index >= 15 is 0 Å². The highest BCUT2D eigenvalue weighted by Crippen LogP contribution is 2.44. The van der Waals surface area contributed by atoms with Crippen molar-refractivity contribution in [3.63, 3.8) is 0 Å². The van der Waals surface area contributed by atoms with Gasteiger partial charge in [0, 0.05) is 19.3 Å². The van der Waals surface area contributed by atoms with E-state index in [2.05, 4.69) is 0 Å². The maximum absolute atomic E-state index is 12.1. The molecule has 1 rings (SSSR count). The van der Waals surface area contributed by atoms with Gasteiger partial charge in [0.25, 0.3) is 0 Å². The lowest BCUT2D eigenvalue weighted by molar-refractivity contribution is -0.126. The van der Waals surface area contributed by atoms with Gasteiger partial charge in [0.1, 0.15) is 0 Å². The summed E-state index contributed by atoms with van der Waals surface area (Å²) in [6.45, 7) is 0. The Balaban J connectivity index is 2.21. The van der Waals surface area contributed by atoms with Crippen LogP contribution in [0.3, 0.4) is 0 Å². The molecular weight excluding hydrogens is 162 g/mol. The zero-order valence-electron chi connectivity index (χ0n) is 5.24. The van der Waals surface area contributed by atoms with Crippen LogP contribution >= 0.6 is 11.6 Å². The SMILES string of the molecule is O=C(Cl)CC1CC(F)(F)C1. The fraction of sp³-hybridized carbons (Fsp3) is 0.833. The van der Waals surface area contributed by atoms with Gasteiger partial charge < -0.3 is 0 Å². The number of carbonyl (C=O) groups is 1. The molecule has 0 atom stereocenters. The molecule has 10 heavy (non-hydrogen) atoms. The summed E-state index contributed by atoms with van der Waals surface area (Å²) in [6.07, 6.45) is -0.256. The van der Waals surface area contributed by atoms with Gasteiger partial charge in [-0.25, -0.2) is 8.78 Å². The Morgan fingerprint density at radius 2 is 2.10 bits per heavy atom. The summed E-state index contributed by atoms with van der Waals surface area (Å²) in [5, 5.41) is -0.513. The quantitative estimate of drug-likeness (QED) is 0.578. The van der Waals surface area contributed by atoms with Crippen LogP contribution in [-0.4, -0.2) is 11.2 Å². The average molecular weight is 169 g/mol. The van der Waals surface area contributed by atoms with Gasteiger partial charge in [-0.1, -0.05) is 0 Å². The van der Waals surface area contributed by atoms with Crippen molar-refractivity contribution >= 4 is 16.8 Å². The highest BCUT2D eigenvalue weighted by Gasteiger charge is 2.45. The van der Waals surface area contributed by atoms with Crippen molar-refractivity contribution < 1.29 is 13.6 Å². The Morgan fingerprint density at radius 3 is 2.40 bits per heavy atom. The average Bonchev–Trinajstić information content (AvgIpc) is 1.57. The van der Waals surface area contributed by atoms with Gasteiger partial charge in [-0.2, -0.15) is 0 Å². The summed E-state index contributed by atoms with van der Waals surface area (Å²) in [5.41, 5.74) is 0. The van der Waals surface area contributed by atoms with Crippen LogP contribution in [0.1, 0.15) is 19.3 Å². The molecule has 0 amide bonds. The number of hydrogen-bond acceptors (Lipinski definition) is 1. The molecule has 1 nitrogen and oxygen atoms in total. The van der Waals surface area contributed by atoms with Crippen LogP contribution in [-0.2, 0) is 4.79 Å². The van der Waals surface area contributed by atoms with Crippen molar-refractivity contribution in [1.82, 2.24) is 0 Å². The predicted molar refractivity (Wildman–Crippen MR) is 33.1 cm³/mol. The molecule has 0 bridgehead atoms. The monoisotopic (exact) mass is 168 g/mol. The zero-order valence-corrected chi connectivity index (χ0v) is 6.00. The smallest absolute Gasteiger partial charge is 0.248 e. The summed E-state index contributed by atoms with van der Waals surface area (Å²) in [4.78, 5) is 10.2. The molecule has 4 heteroatoms. The third-order valence-corrected chi connectivity index (χ3v) is 1.78. The molecule has 0 spiro atoms. The summed E-state index contributed by atoms with van der Waals surface area (Å²) in [7, 11) is 0. The first kappa shape index (κ1) is 7.92. The van der Waals surface area contributed by atoms with Crippen LogP contribution in [0.4, 0.5) is 8.78 Å². The first-order valence-corrected chi connectivity index (χ1v) is 3.43. The van der Waals surface area contributed by atoms with Gasteiger partial charge in [0.2, 0.25) is 11.2 Å². The highest BCUT2D eigenvalue weighted by molar-refractivity contribution is 6.63. The first-order valence-electron chi connectivity index (χ1n) is 3.06. The Kier molecular flexibility index (Phi) is 1.95. The van der Waals surface area contributed by atoms with E-state index in [1.165, 1.54) is 0 Å². The summed E-state index contributed by atoms with van der Waals surface area (Å²) in [6, 6.07) is 0. The van der Waals surface area contributed by atoms with E-state index in [0.29, 0.717) is 0 Å². The molecule has 1 fully saturated rings. The molecule has 0 heterocycles. The van der Waals surface area contributed by atoms with Crippen LogP contribution in [0.15, 0.2) is 0 Å². The van der Waals surface area contributed by atoms with Crippen molar-refractivity contribution in [1.29, 1.82) is 0 Å². The second-order valence-electron chi connectivity index (χ2n) is 2.69. The van der Waals surface area contributed by atoms with Gasteiger partial charge in [-0.05, 0) is 17.5 Å². The molecule has 0 aliphatic heterocycles. The third kappa shape index (κ3) is 1.90. The normalized spacial score (nSPS) is 23.9. The highest BCUT2D eigenvalue weighted by atomic mass is 35.5. The van der Waals surface area contributed by atoms with Crippen LogP contribution in [0.2, 0.25) is 0 Å². The van der Waals surface area contributed by atoms with E-state index in [1.807, 2.05) is 0 Å². The molecule has 58 valence electrons. The molecule has 0 N–H and O–H groups in total. The van der Waals surface area contributed by atoms with Crippen molar-refractivity contribution in [3.8, 4) is 0 Å². The Labute approximate surface area is 62.4 Å². The Bertz CT molecular complexity index is 150. The lowest BCUT2D eigenvalue weighted by Gasteiger charge is -2.33. The molecular formula is C6H7ClF2O. The minimum atomic E-state index is -2.53. The topological polar surface area (TPSA) is 17.1 Å². The van der Waals surface area contributed by atoms with Gasteiger partial charge in [-0.15, -0.1) is 0 Å². The number of carbonyl (C=O) groups excluding carboxylic acids is 1. The molecule has 1 aliphatic carbocycles. The number of hydrogen-bond donors (Lipinski definition) is 0. The van der Waals surface area contributed by atoms with Crippen LogP contribution in [0.25, 0.3) is 0 Å². The number of alkyl halides is 2. The molecule has 0 radical (unpaired) electrons.